The van der Waals surface area contributed by atoms with Crippen LogP contribution in [0, 0.1) is 0 Å². The molecule has 1 aliphatic rings. The Hall–Kier alpha value is -1.09. The third-order valence-electron chi connectivity index (χ3n) is 3.82. The van der Waals surface area contributed by atoms with Gasteiger partial charge in [-0.25, -0.2) is 0 Å². The number of benzene rings is 1. The highest BCUT2D eigenvalue weighted by atomic mass is 79.9. The summed E-state index contributed by atoms with van der Waals surface area (Å²) in [5, 5.41) is 5.21. The van der Waals surface area contributed by atoms with Crippen molar-refractivity contribution in [2.45, 2.75) is 12.4 Å². The third kappa shape index (κ3) is 4.30. The van der Waals surface area contributed by atoms with Gasteiger partial charge in [-0.3, -0.25) is 4.90 Å². The smallest absolute Gasteiger partial charge is 0.405 e. The van der Waals surface area contributed by atoms with E-state index in [0.717, 1.165) is 35.5 Å². The number of halogens is 4. The first-order valence-electron chi connectivity index (χ1n) is 7.47. The standard InChI is InChI=1S/C16H16BrF3N2OS/c17-11-3-4-13(23-16(18,19)20)12(10-11)15(14-2-1-9-24-14)22-7-5-21-6-8-22/h1-4,9-10,15,21H,5-8H2/t15-/m0/s1. The zero-order chi connectivity index (χ0) is 17.2. The average Bonchev–Trinajstić information content (AvgIpc) is 3.04. The molecule has 0 amide bonds. The van der Waals surface area contributed by atoms with Crippen molar-refractivity contribution in [3.8, 4) is 5.75 Å². The third-order valence-corrected chi connectivity index (χ3v) is 5.24. The lowest BCUT2D eigenvalue weighted by atomic mass is 10.0. The fourth-order valence-corrected chi connectivity index (χ4v) is 4.12. The zero-order valence-corrected chi connectivity index (χ0v) is 15.0. The monoisotopic (exact) mass is 420 g/mol. The summed E-state index contributed by atoms with van der Waals surface area (Å²) in [5.74, 6) is -0.150. The van der Waals surface area contributed by atoms with Crippen molar-refractivity contribution in [2.75, 3.05) is 26.2 Å². The number of alkyl halides is 3. The molecule has 3 rings (SSSR count). The van der Waals surface area contributed by atoms with Crippen LogP contribution in [0.1, 0.15) is 16.5 Å². The lowest BCUT2D eigenvalue weighted by Gasteiger charge is -2.35. The highest BCUT2D eigenvalue weighted by Gasteiger charge is 2.35. The van der Waals surface area contributed by atoms with Crippen LogP contribution in [0.15, 0.2) is 40.2 Å². The fraction of sp³-hybridized carbons (Fsp3) is 0.375. The van der Waals surface area contributed by atoms with Gasteiger partial charge in [0.05, 0.1) is 6.04 Å². The van der Waals surface area contributed by atoms with Crippen molar-refractivity contribution in [2.24, 2.45) is 0 Å². The van der Waals surface area contributed by atoms with Gasteiger partial charge in [0.25, 0.3) is 0 Å². The van der Waals surface area contributed by atoms with Crippen LogP contribution in [-0.2, 0) is 0 Å². The van der Waals surface area contributed by atoms with Gasteiger partial charge in [0.1, 0.15) is 5.75 Å². The Morgan fingerprint density at radius 1 is 1.21 bits per heavy atom. The Kier molecular flexibility index (Phi) is 5.49. The van der Waals surface area contributed by atoms with Crippen molar-refractivity contribution in [3.63, 3.8) is 0 Å². The Morgan fingerprint density at radius 3 is 2.58 bits per heavy atom. The molecule has 1 N–H and O–H groups in total. The lowest BCUT2D eigenvalue weighted by molar-refractivity contribution is -0.275. The summed E-state index contributed by atoms with van der Waals surface area (Å²) in [4.78, 5) is 3.19. The number of hydrogen-bond acceptors (Lipinski definition) is 4. The molecule has 0 spiro atoms. The van der Waals surface area contributed by atoms with Crippen molar-refractivity contribution in [1.29, 1.82) is 0 Å². The molecule has 130 valence electrons. The number of nitrogens with zero attached hydrogens (tertiary/aromatic N) is 1. The van der Waals surface area contributed by atoms with Gasteiger partial charge in [-0.2, -0.15) is 0 Å². The van der Waals surface area contributed by atoms with E-state index in [0.29, 0.717) is 5.56 Å². The summed E-state index contributed by atoms with van der Waals surface area (Å²) in [6.45, 7) is 3.15. The van der Waals surface area contributed by atoms with Crippen LogP contribution < -0.4 is 10.1 Å². The van der Waals surface area contributed by atoms with Crippen LogP contribution >= 0.6 is 27.3 Å². The number of nitrogens with one attached hydrogen (secondary N) is 1. The summed E-state index contributed by atoms with van der Waals surface area (Å²) in [5.41, 5.74) is 0.519. The molecular formula is C16H16BrF3N2OS. The molecule has 1 aromatic heterocycles. The van der Waals surface area contributed by atoms with Gasteiger partial charge < -0.3 is 10.1 Å². The van der Waals surface area contributed by atoms with Crippen molar-refractivity contribution < 1.29 is 17.9 Å². The van der Waals surface area contributed by atoms with E-state index >= 15 is 0 Å². The molecular weight excluding hydrogens is 405 g/mol. The second-order valence-electron chi connectivity index (χ2n) is 5.43. The van der Waals surface area contributed by atoms with E-state index in [1.165, 1.54) is 17.4 Å². The second-order valence-corrected chi connectivity index (χ2v) is 7.33. The van der Waals surface area contributed by atoms with Crippen LogP contribution in [0.25, 0.3) is 0 Å². The van der Waals surface area contributed by atoms with Crippen LogP contribution in [0.5, 0.6) is 5.75 Å². The van der Waals surface area contributed by atoms with Crippen molar-refractivity contribution in [3.05, 3.63) is 50.6 Å². The summed E-state index contributed by atoms with van der Waals surface area (Å²) in [6.07, 6.45) is -4.72. The minimum atomic E-state index is -4.72. The largest absolute Gasteiger partial charge is 0.573 e. The molecule has 2 aromatic rings. The van der Waals surface area contributed by atoms with E-state index in [2.05, 4.69) is 30.9 Å². The predicted octanol–water partition coefficient (Wildman–Crippen LogP) is 4.40. The summed E-state index contributed by atoms with van der Waals surface area (Å²) >= 11 is 4.91. The molecule has 1 saturated heterocycles. The maximum absolute atomic E-state index is 12.8. The minimum Gasteiger partial charge on any atom is -0.405 e. The van der Waals surface area contributed by atoms with Crippen LogP contribution in [0.2, 0.25) is 0 Å². The molecule has 24 heavy (non-hydrogen) atoms. The normalized spacial score (nSPS) is 17.7. The van der Waals surface area contributed by atoms with E-state index in [-0.39, 0.29) is 11.8 Å². The maximum Gasteiger partial charge on any atom is 0.573 e. The van der Waals surface area contributed by atoms with Crippen LogP contribution in [0.3, 0.4) is 0 Å². The minimum absolute atomic E-state index is 0.150. The average molecular weight is 421 g/mol. The van der Waals surface area contributed by atoms with Crippen molar-refractivity contribution >= 4 is 27.3 Å². The summed E-state index contributed by atoms with van der Waals surface area (Å²) in [6, 6.07) is 8.26. The molecule has 8 heteroatoms. The maximum atomic E-state index is 12.8. The molecule has 1 fully saturated rings. The van der Waals surface area contributed by atoms with E-state index < -0.39 is 6.36 Å². The molecule has 1 aromatic carbocycles. The number of piperazine rings is 1. The molecule has 0 unspecified atom stereocenters. The summed E-state index contributed by atoms with van der Waals surface area (Å²) < 4.78 is 43.5. The van der Waals surface area contributed by atoms with Gasteiger partial charge in [0.2, 0.25) is 0 Å². The molecule has 2 heterocycles. The van der Waals surface area contributed by atoms with Crippen LogP contribution in [-0.4, -0.2) is 37.4 Å². The topological polar surface area (TPSA) is 24.5 Å². The SMILES string of the molecule is FC(F)(F)Oc1ccc(Br)cc1[C@@H](c1cccs1)N1CCNCC1. The molecule has 1 aliphatic heterocycles. The molecule has 0 bridgehead atoms. The lowest BCUT2D eigenvalue weighted by Crippen LogP contribution is -2.45. The van der Waals surface area contributed by atoms with E-state index in [9.17, 15) is 13.2 Å². The van der Waals surface area contributed by atoms with Crippen molar-refractivity contribution in [1.82, 2.24) is 10.2 Å². The van der Waals surface area contributed by atoms with Crippen LogP contribution in [0.4, 0.5) is 13.2 Å². The first-order valence-corrected chi connectivity index (χ1v) is 9.15. The second kappa shape index (κ2) is 7.43. The Labute approximate surface area is 150 Å². The van der Waals surface area contributed by atoms with E-state index in [1.54, 1.807) is 12.1 Å². The van der Waals surface area contributed by atoms with Gasteiger partial charge in [-0.05, 0) is 29.6 Å². The fourth-order valence-electron chi connectivity index (χ4n) is 2.87. The number of rotatable bonds is 4. The Morgan fingerprint density at radius 2 is 1.96 bits per heavy atom. The molecule has 1 atom stereocenters. The first kappa shape index (κ1) is 17.7. The van der Waals surface area contributed by atoms with Gasteiger partial charge >= 0.3 is 6.36 Å². The zero-order valence-electron chi connectivity index (χ0n) is 12.6. The Balaban J connectivity index is 2.05. The highest BCUT2D eigenvalue weighted by molar-refractivity contribution is 9.10. The number of hydrogen-bond donors (Lipinski definition) is 1. The number of ether oxygens (including phenoxy) is 1. The first-order chi connectivity index (χ1) is 11.4. The van der Waals surface area contributed by atoms with E-state index in [1.807, 2.05) is 17.5 Å². The molecule has 0 saturated carbocycles. The molecule has 3 nitrogen and oxygen atoms in total. The number of thiophene rings is 1. The highest BCUT2D eigenvalue weighted by Crippen LogP contribution is 2.40. The quantitative estimate of drug-likeness (QED) is 0.792. The molecule has 0 radical (unpaired) electrons. The Bertz CT molecular complexity index is 672. The summed E-state index contributed by atoms with van der Waals surface area (Å²) in [7, 11) is 0. The van der Waals surface area contributed by atoms with Gasteiger partial charge in [0.15, 0.2) is 0 Å². The molecule has 0 aliphatic carbocycles. The van der Waals surface area contributed by atoms with Gasteiger partial charge in [-0.1, -0.05) is 22.0 Å². The van der Waals surface area contributed by atoms with Gasteiger partial charge in [0, 0.05) is 41.1 Å². The van der Waals surface area contributed by atoms with E-state index in [4.69, 9.17) is 0 Å². The van der Waals surface area contributed by atoms with Gasteiger partial charge in [-0.15, -0.1) is 24.5 Å². The predicted molar refractivity (Wildman–Crippen MR) is 91.4 cm³/mol.